The number of aromatic nitrogens is 5. The Balaban J connectivity index is 1.77. The molecule has 2 heterocycles. The van der Waals surface area contributed by atoms with Crippen LogP contribution in [0.3, 0.4) is 0 Å². The number of para-hydroxylation sites is 1. The highest BCUT2D eigenvalue weighted by molar-refractivity contribution is 5.30. The molecule has 0 radical (unpaired) electrons. The minimum atomic E-state index is 0.155. The summed E-state index contributed by atoms with van der Waals surface area (Å²) in [5.41, 5.74) is 2.98. The molecule has 0 bridgehead atoms. The molecule has 23 heavy (non-hydrogen) atoms. The van der Waals surface area contributed by atoms with Gasteiger partial charge in [-0.2, -0.15) is 4.68 Å². The highest BCUT2D eigenvalue weighted by Crippen LogP contribution is 2.24. The molecule has 7 heteroatoms. The second-order valence-electron chi connectivity index (χ2n) is 5.42. The number of benzene rings is 1. The molecule has 120 valence electrons. The molecular weight excluding hydrogens is 292 g/mol. The molecule has 0 saturated carbocycles. The summed E-state index contributed by atoms with van der Waals surface area (Å²) in [6, 6.07) is 10.0. The van der Waals surface area contributed by atoms with Gasteiger partial charge in [-0.1, -0.05) is 30.3 Å². The second kappa shape index (κ2) is 6.70. The topological polar surface area (TPSA) is 81.7 Å². The Hall–Kier alpha value is -2.54. The van der Waals surface area contributed by atoms with Gasteiger partial charge in [-0.25, -0.2) is 0 Å². The Morgan fingerprint density at radius 1 is 1.22 bits per heavy atom. The van der Waals surface area contributed by atoms with Crippen molar-refractivity contribution < 1.29 is 4.52 Å². The van der Waals surface area contributed by atoms with Gasteiger partial charge in [0.1, 0.15) is 5.76 Å². The van der Waals surface area contributed by atoms with Crippen LogP contribution in [0.2, 0.25) is 0 Å². The number of rotatable bonds is 6. The molecular formula is C16H20N6O. The second-order valence-corrected chi connectivity index (χ2v) is 5.42. The van der Waals surface area contributed by atoms with Crippen LogP contribution in [0, 0.1) is 13.8 Å². The van der Waals surface area contributed by atoms with Gasteiger partial charge in [0.25, 0.3) is 0 Å². The lowest BCUT2D eigenvalue weighted by Gasteiger charge is -2.16. The van der Waals surface area contributed by atoms with Crippen LogP contribution in [-0.4, -0.2) is 25.4 Å². The molecule has 7 nitrogen and oxygen atoms in total. The van der Waals surface area contributed by atoms with Crippen molar-refractivity contribution in [1.29, 1.82) is 0 Å². The number of tetrazole rings is 1. The quantitative estimate of drug-likeness (QED) is 0.753. The lowest BCUT2D eigenvalue weighted by Crippen LogP contribution is -2.23. The minimum Gasteiger partial charge on any atom is -0.361 e. The number of hydrogen-bond donors (Lipinski definition) is 1. The molecule has 0 aliphatic carbocycles. The number of hydrogen-bond acceptors (Lipinski definition) is 6. The van der Waals surface area contributed by atoms with Gasteiger partial charge in [0.05, 0.1) is 17.9 Å². The van der Waals surface area contributed by atoms with E-state index in [1.165, 1.54) is 0 Å². The number of aryl methyl sites for hydroxylation is 2. The monoisotopic (exact) mass is 312 g/mol. The van der Waals surface area contributed by atoms with Crippen LogP contribution in [0.4, 0.5) is 0 Å². The van der Waals surface area contributed by atoms with Crippen LogP contribution in [0.5, 0.6) is 0 Å². The van der Waals surface area contributed by atoms with Gasteiger partial charge >= 0.3 is 0 Å². The van der Waals surface area contributed by atoms with Gasteiger partial charge in [0.2, 0.25) is 0 Å². The van der Waals surface area contributed by atoms with E-state index in [1.54, 1.807) is 4.68 Å². The zero-order valence-corrected chi connectivity index (χ0v) is 13.5. The van der Waals surface area contributed by atoms with Crippen LogP contribution in [-0.2, 0) is 6.54 Å². The zero-order chi connectivity index (χ0) is 16.2. The number of nitrogens with zero attached hydrogens (tertiary/aromatic N) is 5. The van der Waals surface area contributed by atoms with Crippen molar-refractivity contribution in [2.75, 3.05) is 0 Å². The fourth-order valence-corrected chi connectivity index (χ4v) is 2.74. The average Bonchev–Trinajstić information content (AvgIpc) is 3.17. The van der Waals surface area contributed by atoms with E-state index in [0.29, 0.717) is 6.54 Å². The summed E-state index contributed by atoms with van der Waals surface area (Å²) in [6.45, 7) is 6.59. The molecule has 1 atom stereocenters. The van der Waals surface area contributed by atoms with Crippen molar-refractivity contribution in [3.05, 3.63) is 53.2 Å². The van der Waals surface area contributed by atoms with E-state index in [4.69, 9.17) is 4.52 Å². The predicted octanol–water partition coefficient (Wildman–Crippen LogP) is 2.51. The zero-order valence-electron chi connectivity index (χ0n) is 13.5. The van der Waals surface area contributed by atoms with Gasteiger partial charge in [-0.15, -0.1) is 5.10 Å². The van der Waals surface area contributed by atoms with E-state index < -0.39 is 0 Å². The van der Waals surface area contributed by atoms with Crippen molar-refractivity contribution in [2.45, 2.75) is 39.8 Å². The summed E-state index contributed by atoms with van der Waals surface area (Å²) in [5, 5.41) is 19.5. The van der Waals surface area contributed by atoms with E-state index in [2.05, 4.69) is 32.9 Å². The Bertz CT molecular complexity index is 744. The lowest BCUT2D eigenvalue weighted by atomic mass is 10.0. The molecule has 1 N–H and O–H groups in total. The van der Waals surface area contributed by atoms with Crippen molar-refractivity contribution in [3.63, 3.8) is 0 Å². The fraction of sp³-hybridized carbons (Fsp3) is 0.375. The first-order valence-electron chi connectivity index (χ1n) is 7.69. The molecule has 0 spiro atoms. The van der Waals surface area contributed by atoms with E-state index in [-0.39, 0.29) is 6.04 Å². The van der Waals surface area contributed by atoms with Crippen LogP contribution in [0.1, 0.15) is 42.2 Å². The predicted molar refractivity (Wildman–Crippen MR) is 85.0 cm³/mol. The van der Waals surface area contributed by atoms with Crippen molar-refractivity contribution >= 4 is 0 Å². The summed E-state index contributed by atoms with van der Waals surface area (Å²) in [5.74, 6) is 1.62. The van der Waals surface area contributed by atoms with E-state index in [1.807, 2.05) is 44.2 Å². The largest absolute Gasteiger partial charge is 0.361 e. The van der Waals surface area contributed by atoms with Crippen molar-refractivity contribution in [1.82, 2.24) is 30.7 Å². The minimum absolute atomic E-state index is 0.155. The van der Waals surface area contributed by atoms with E-state index in [0.717, 1.165) is 35.0 Å². The van der Waals surface area contributed by atoms with Gasteiger partial charge in [-0.3, -0.25) is 0 Å². The molecule has 0 aliphatic heterocycles. The van der Waals surface area contributed by atoms with Crippen LogP contribution < -0.4 is 5.32 Å². The standard InChI is InChI=1S/C16H20N6O/c1-4-14(16-11(2)19-23-12(16)3)17-10-15-18-20-21-22(15)13-8-6-5-7-9-13/h5-9,14,17H,4,10H2,1-3H3. The van der Waals surface area contributed by atoms with E-state index in [9.17, 15) is 0 Å². The van der Waals surface area contributed by atoms with Crippen molar-refractivity contribution in [3.8, 4) is 5.69 Å². The van der Waals surface area contributed by atoms with Crippen LogP contribution in [0.25, 0.3) is 5.69 Å². The maximum atomic E-state index is 5.27. The van der Waals surface area contributed by atoms with E-state index >= 15 is 0 Å². The summed E-state index contributed by atoms with van der Waals surface area (Å²) in [7, 11) is 0. The van der Waals surface area contributed by atoms with Gasteiger partial charge in [-0.05, 0) is 42.8 Å². The van der Waals surface area contributed by atoms with Gasteiger partial charge < -0.3 is 9.84 Å². The molecule has 0 fully saturated rings. The summed E-state index contributed by atoms with van der Waals surface area (Å²) < 4.78 is 7.02. The SMILES string of the molecule is CCC(NCc1nnnn1-c1ccccc1)c1c(C)noc1C. The summed E-state index contributed by atoms with van der Waals surface area (Å²) in [6.07, 6.45) is 0.926. The maximum Gasteiger partial charge on any atom is 0.170 e. The smallest absolute Gasteiger partial charge is 0.170 e. The third-order valence-electron chi connectivity index (χ3n) is 3.89. The molecule has 1 aromatic carbocycles. The highest BCUT2D eigenvalue weighted by atomic mass is 16.5. The number of nitrogens with one attached hydrogen (secondary N) is 1. The Kier molecular flexibility index (Phi) is 4.47. The molecule has 3 rings (SSSR count). The van der Waals surface area contributed by atoms with Crippen molar-refractivity contribution in [2.24, 2.45) is 0 Å². The Labute approximate surface area is 134 Å². The summed E-state index contributed by atoms with van der Waals surface area (Å²) >= 11 is 0. The molecule has 2 aromatic heterocycles. The molecule has 3 aromatic rings. The molecule has 0 saturated heterocycles. The first kappa shape index (κ1) is 15.4. The first-order valence-corrected chi connectivity index (χ1v) is 7.69. The molecule has 0 amide bonds. The molecule has 0 aliphatic rings. The Morgan fingerprint density at radius 2 is 2.00 bits per heavy atom. The van der Waals surface area contributed by atoms with Crippen LogP contribution >= 0.6 is 0 Å². The fourth-order valence-electron chi connectivity index (χ4n) is 2.74. The summed E-state index contributed by atoms with van der Waals surface area (Å²) in [4.78, 5) is 0. The average molecular weight is 312 g/mol. The normalized spacial score (nSPS) is 12.5. The van der Waals surface area contributed by atoms with Crippen LogP contribution in [0.15, 0.2) is 34.9 Å². The maximum absolute atomic E-state index is 5.27. The van der Waals surface area contributed by atoms with Gasteiger partial charge in [0, 0.05) is 11.6 Å². The third-order valence-corrected chi connectivity index (χ3v) is 3.89. The van der Waals surface area contributed by atoms with Gasteiger partial charge in [0.15, 0.2) is 5.82 Å². The highest BCUT2D eigenvalue weighted by Gasteiger charge is 2.19. The lowest BCUT2D eigenvalue weighted by molar-refractivity contribution is 0.389. The Morgan fingerprint density at radius 3 is 2.65 bits per heavy atom. The first-order chi connectivity index (χ1) is 11.2. The third kappa shape index (κ3) is 3.14. The molecule has 1 unspecified atom stereocenters.